The van der Waals surface area contributed by atoms with Crippen LogP contribution in [0.25, 0.3) is 6.08 Å². The normalized spacial score (nSPS) is 18.9. The van der Waals surface area contributed by atoms with E-state index in [1.165, 1.54) is 5.56 Å². The lowest BCUT2D eigenvalue weighted by molar-refractivity contribution is -0.126. The van der Waals surface area contributed by atoms with Gasteiger partial charge in [-0.15, -0.1) is 0 Å². The molecule has 0 N–H and O–H groups in total. The average molecular weight is 379 g/mol. The lowest BCUT2D eigenvalue weighted by Gasteiger charge is -2.24. The van der Waals surface area contributed by atoms with E-state index in [0.717, 1.165) is 55.2 Å². The Morgan fingerprint density at radius 2 is 1.93 bits per heavy atom. The number of benzene rings is 2. The van der Waals surface area contributed by atoms with E-state index in [0.29, 0.717) is 5.92 Å². The number of amides is 1. The monoisotopic (exact) mass is 379 g/mol. The molecule has 2 aromatic carbocycles. The highest BCUT2D eigenvalue weighted by atomic mass is 16.7. The predicted molar refractivity (Wildman–Crippen MR) is 108 cm³/mol. The molecule has 1 atom stereocenters. The second kappa shape index (κ2) is 8.38. The molecular weight excluding hydrogens is 354 g/mol. The molecule has 2 aliphatic rings. The van der Waals surface area contributed by atoms with Gasteiger partial charge in [0.25, 0.3) is 0 Å². The van der Waals surface area contributed by atoms with E-state index in [2.05, 4.69) is 12.1 Å². The number of fused-ring (bicyclic) bond motifs is 1. The molecule has 0 bridgehead atoms. The number of hydrogen-bond donors (Lipinski definition) is 0. The number of likely N-dealkylation sites (tertiary alicyclic amines) is 1. The molecule has 146 valence electrons. The highest BCUT2D eigenvalue weighted by molar-refractivity contribution is 5.92. The minimum atomic E-state index is 0.0538. The van der Waals surface area contributed by atoms with Crippen LogP contribution in [0.3, 0.4) is 0 Å². The van der Waals surface area contributed by atoms with Crippen molar-refractivity contribution in [3.8, 4) is 17.2 Å². The van der Waals surface area contributed by atoms with E-state index in [1.807, 2.05) is 41.3 Å². The van der Waals surface area contributed by atoms with Gasteiger partial charge in [0.1, 0.15) is 5.75 Å². The summed E-state index contributed by atoms with van der Waals surface area (Å²) in [6, 6.07) is 13.9. The molecular formula is C23H25NO4. The fourth-order valence-electron chi connectivity index (χ4n) is 3.78. The van der Waals surface area contributed by atoms with E-state index in [1.54, 1.807) is 13.2 Å². The molecule has 5 nitrogen and oxygen atoms in total. The quantitative estimate of drug-likeness (QED) is 0.746. The van der Waals surface area contributed by atoms with Gasteiger partial charge in [-0.3, -0.25) is 4.79 Å². The Morgan fingerprint density at radius 3 is 2.75 bits per heavy atom. The molecule has 0 radical (unpaired) electrons. The third-order valence-electron chi connectivity index (χ3n) is 5.39. The third kappa shape index (κ3) is 4.14. The summed E-state index contributed by atoms with van der Waals surface area (Å²) < 4.78 is 16.0. The summed E-state index contributed by atoms with van der Waals surface area (Å²) in [5, 5.41) is 0. The van der Waals surface area contributed by atoms with E-state index < -0.39 is 0 Å². The minimum absolute atomic E-state index is 0.0538. The molecule has 1 fully saturated rings. The molecule has 4 rings (SSSR count). The van der Waals surface area contributed by atoms with E-state index >= 15 is 0 Å². The second-order valence-corrected chi connectivity index (χ2v) is 7.20. The number of rotatable bonds is 4. The lowest BCUT2D eigenvalue weighted by Crippen LogP contribution is -2.32. The largest absolute Gasteiger partial charge is 0.497 e. The van der Waals surface area contributed by atoms with Gasteiger partial charge in [0, 0.05) is 25.1 Å². The van der Waals surface area contributed by atoms with E-state index in [-0.39, 0.29) is 12.7 Å². The summed E-state index contributed by atoms with van der Waals surface area (Å²) in [6.07, 6.45) is 6.77. The van der Waals surface area contributed by atoms with Crippen LogP contribution in [0.4, 0.5) is 0 Å². The van der Waals surface area contributed by atoms with Crippen molar-refractivity contribution in [3.05, 3.63) is 59.7 Å². The molecule has 1 amide bonds. The first kappa shape index (κ1) is 18.4. The number of carbonyl (C=O) groups is 1. The van der Waals surface area contributed by atoms with Crippen molar-refractivity contribution in [2.24, 2.45) is 0 Å². The zero-order valence-electron chi connectivity index (χ0n) is 16.1. The molecule has 2 heterocycles. The molecule has 2 aromatic rings. The van der Waals surface area contributed by atoms with Gasteiger partial charge in [0.05, 0.1) is 7.11 Å². The average Bonchev–Trinajstić information content (AvgIpc) is 3.06. The number of ether oxygens (including phenoxy) is 3. The van der Waals surface area contributed by atoms with Gasteiger partial charge < -0.3 is 19.1 Å². The topological polar surface area (TPSA) is 48.0 Å². The van der Waals surface area contributed by atoms with Gasteiger partial charge in [-0.1, -0.05) is 24.6 Å². The first-order valence-electron chi connectivity index (χ1n) is 9.73. The van der Waals surface area contributed by atoms with Crippen LogP contribution in [0.15, 0.2) is 48.5 Å². The molecule has 0 spiro atoms. The number of hydrogen-bond acceptors (Lipinski definition) is 4. The lowest BCUT2D eigenvalue weighted by atomic mass is 9.94. The van der Waals surface area contributed by atoms with Gasteiger partial charge in [-0.25, -0.2) is 0 Å². The Hall–Kier alpha value is -2.95. The maximum Gasteiger partial charge on any atom is 0.246 e. The fraction of sp³-hybridized carbons (Fsp3) is 0.348. The number of carbonyl (C=O) groups excluding carboxylic acids is 1. The molecule has 0 saturated carbocycles. The van der Waals surface area contributed by atoms with E-state index in [4.69, 9.17) is 14.2 Å². The van der Waals surface area contributed by atoms with Gasteiger partial charge >= 0.3 is 0 Å². The van der Waals surface area contributed by atoms with Crippen molar-refractivity contribution < 1.29 is 19.0 Å². The van der Waals surface area contributed by atoms with Gasteiger partial charge in [0.15, 0.2) is 11.5 Å². The molecule has 28 heavy (non-hydrogen) atoms. The molecule has 2 aliphatic heterocycles. The maximum absolute atomic E-state index is 12.8. The van der Waals surface area contributed by atoms with Crippen molar-refractivity contribution in [2.75, 3.05) is 27.0 Å². The zero-order valence-corrected chi connectivity index (χ0v) is 16.1. The fourth-order valence-corrected chi connectivity index (χ4v) is 3.78. The first-order chi connectivity index (χ1) is 13.7. The first-order valence-corrected chi connectivity index (χ1v) is 9.73. The van der Waals surface area contributed by atoms with Crippen LogP contribution in [0.5, 0.6) is 17.2 Å². The Kier molecular flexibility index (Phi) is 5.51. The van der Waals surface area contributed by atoms with E-state index in [9.17, 15) is 4.79 Å². The molecule has 1 saturated heterocycles. The summed E-state index contributed by atoms with van der Waals surface area (Å²) in [6.45, 7) is 1.80. The highest BCUT2D eigenvalue weighted by Gasteiger charge is 2.22. The third-order valence-corrected chi connectivity index (χ3v) is 5.39. The molecule has 0 aliphatic carbocycles. The SMILES string of the molecule is COc1ccc(C2CCCCN(C(=O)/C=C/c3ccc4c(c3)OCO4)C2)cc1. The van der Waals surface area contributed by atoms with Crippen molar-refractivity contribution >= 4 is 12.0 Å². The molecule has 5 heteroatoms. The maximum atomic E-state index is 12.8. The van der Waals surface area contributed by atoms with Crippen LogP contribution in [0.1, 0.15) is 36.3 Å². The summed E-state index contributed by atoms with van der Waals surface area (Å²) in [5.74, 6) is 2.74. The predicted octanol–water partition coefficient (Wildman–Crippen LogP) is 4.23. The van der Waals surface area contributed by atoms with Crippen molar-refractivity contribution in [3.63, 3.8) is 0 Å². The Morgan fingerprint density at radius 1 is 1.11 bits per heavy atom. The van der Waals surface area contributed by atoms with Gasteiger partial charge in [-0.2, -0.15) is 0 Å². The summed E-state index contributed by atoms with van der Waals surface area (Å²) >= 11 is 0. The Bertz CT molecular complexity index is 859. The van der Waals surface area contributed by atoms with Crippen LogP contribution in [0, 0.1) is 0 Å². The molecule has 1 unspecified atom stereocenters. The summed E-state index contributed by atoms with van der Waals surface area (Å²) in [4.78, 5) is 14.8. The van der Waals surface area contributed by atoms with Crippen molar-refractivity contribution in [2.45, 2.75) is 25.2 Å². The smallest absolute Gasteiger partial charge is 0.246 e. The summed E-state index contributed by atoms with van der Waals surface area (Å²) in [7, 11) is 1.67. The highest BCUT2D eigenvalue weighted by Crippen LogP contribution is 2.33. The van der Waals surface area contributed by atoms with Gasteiger partial charge in [-0.05, 0) is 54.3 Å². The van der Waals surface area contributed by atoms with Crippen LogP contribution < -0.4 is 14.2 Å². The van der Waals surface area contributed by atoms with Crippen LogP contribution >= 0.6 is 0 Å². The Labute approximate surface area is 165 Å². The van der Waals surface area contributed by atoms with Crippen LogP contribution in [-0.2, 0) is 4.79 Å². The van der Waals surface area contributed by atoms with Crippen molar-refractivity contribution in [1.82, 2.24) is 4.90 Å². The Balaban J connectivity index is 1.43. The van der Waals surface area contributed by atoms with Crippen LogP contribution in [0.2, 0.25) is 0 Å². The second-order valence-electron chi connectivity index (χ2n) is 7.20. The van der Waals surface area contributed by atoms with Crippen molar-refractivity contribution in [1.29, 1.82) is 0 Å². The minimum Gasteiger partial charge on any atom is -0.497 e. The number of nitrogens with zero attached hydrogens (tertiary/aromatic N) is 1. The standard InChI is InChI=1S/C23H25NO4/c1-26-20-9-7-18(8-10-20)19-4-2-3-13-24(15-19)23(25)12-6-17-5-11-21-22(14-17)28-16-27-21/h5-12,14,19H,2-4,13,15-16H2,1H3/b12-6+. The summed E-state index contributed by atoms with van der Waals surface area (Å²) in [5.41, 5.74) is 2.19. The van der Waals surface area contributed by atoms with Gasteiger partial charge in [0.2, 0.25) is 12.7 Å². The molecule has 0 aromatic heterocycles. The number of methoxy groups -OCH3 is 1. The zero-order chi connectivity index (χ0) is 19.3. The van der Waals surface area contributed by atoms with Crippen LogP contribution in [-0.4, -0.2) is 37.8 Å².